The molecule has 2 aliphatic carbocycles. The molecule has 1 fully saturated rings. The van der Waals surface area contributed by atoms with Gasteiger partial charge in [-0.2, -0.15) is 0 Å². The van der Waals surface area contributed by atoms with E-state index in [9.17, 15) is 10.2 Å². The molecule has 0 unspecified atom stereocenters. The lowest BCUT2D eigenvalue weighted by molar-refractivity contribution is 0.139. The van der Waals surface area contributed by atoms with Crippen molar-refractivity contribution in [3.8, 4) is 0 Å². The molecule has 150 valence electrons. The van der Waals surface area contributed by atoms with Gasteiger partial charge < -0.3 is 15.1 Å². The number of fused-ring (bicyclic) bond motifs is 1. The molecule has 0 spiro atoms. The quantitative estimate of drug-likeness (QED) is 0.395. The first kappa shape index (κ1) is 21.7. The molecule has 0 radical (unpaired) electrons. The summed E-state index contributed by atoms with van der Waals surface area (Å²) in [4.78, 5) is 2.26. The Morgan fingerprint density at radius 3 is 2.73 bits per heavy atom. The second kappa shape index (κ2) is 11.3. The fraction of sp³-hybridized carbons (Fsp3) is 0.826. The first-order chi connectivity index (χ1) is 12.5. The minimum absolute atomic E-state index is 0.225. The highest BCUT2D eigenvalue weighted by Gasteiger charge is 2.43. The minimum Gasteiger partial charge on any atom is -0.392 e. The summed E-state index contributed by atoms with van der Waals surface area (Å²) in [5, 5.41) is 20.6. The van der Waals surface area contributed by atoms with Crippen LogP contribution in [0.15, 0.2) is 23.8 Å². The van der Waals surface area contributed by atoms with Gasteiger partial charge in [0, 0.05) is 5.92 Å². The van der Waals surface area contributed by atoms with Crippen LogP contribution in [0.2, 0.25) is 0 Å². The molecule has 0 heterocycles. The molecule has 0 aromatic carbocycles. The molecule has 3 nitrogen and oxygen atoms in total. The largest absolute Gasteiger partial charge is 0.392 e. The molecule has 3 heteroatoms. The van der Waals surface area contributed by atoms with E-state index in [0.29, 0.717) is 11.8 Å². The Hall–Kier alpha value is -0.640. The molecular formula is C23H41NO2. The molecule has 5 atom stereocenters. The summed E-state index contributed by atoms with van der Waals surface area (Å²) in [6.07, 6.45) is 17.4. The highest BCUT2D eigenvalue weighted by Crippen LogP contribution is 2.48. The predicted octanol–water partition coefficient (Wildman–Crippen LogP) is 4.55. The number of aliphatic hydroxyl groups is 2. The molecule has 0 aromatic heterocycles. The first-order valence-corrected chi connectivity index (χ1v) is 10.9. The van der Waals surface area contributed by atoms with Crippen LogP contribution in [0.3, 0.4) is 0 Å². The van der Waals surface area contributed by atoms with Crippen LogP contribution in [0.4, 0.5) is 0 Å². The fourth-order valence-corrected chi connectivity index (χ4v) is 4.70. The van der Waals surface area contributed by atoms with Gasteiger partial charge in [0.15, 0.2) is 0 Å². The van der Waals surface area contributed by atoms with E-state index in [1.165, 1.54) is 45.1 Å². The summed E-state index contributed by atoms with van der Waals surface area (Å²) in [5.74, 6) is 1.33. The van der Waals surface area contributed by atoms with Gasteiger partial charge in [-0.05, 0) is 71.0 Å². The number of unbranched alkanes of at least 4 members (excludes halogenated alkanes) is 4. The summed E-state index contributed by atoms with van der Waals surface area (Å²) < 4.78 is 0. The Labute approximate surface area is 161 Å². The van der Waals surface area contributed by atoms with Crippen molar-refractivity contribution in [1.29, 1.82) is 0 Å². The van der Waals surface area contributed by atoms with Crippen molar-refractivity contribution in [3.63, 3.8) is 0 Å². The van der Waals surface area contributed by atoms with E-state index in [4.69, 9.17) is 0 Å². The minimum atomic E-state index is -0.349. The maximum Gasteiger partial charge on any atom is 0.0721 e. The fourth-order valence-electron chi connectivity index (χ4n) is 4.70. The van der Waals surface area contributed by atoms with Crippen molar-refractivity contribution in [2.24, 2.45) is 17.8 Å². The molecule has 2 N–H and O–H groups in total. The van der Waals surface area contributed by atoms with Crippen molar-refractivity contribution < 1.29 is 10.2 Å². The van der Waals surface area contributed by atoms with Crippen LogP contribution in [0.25, 0.3) is 0 Å². The van der Waals surface area contributed by atoms with Crippen molar-refractivity contribution in [3.05, 3.63) is 23.8 Å². The number of nitrogens with zero attached hydrogens (tertiary/aromatic N) is 1. The van der Waals surface area contributed by atoms with Crippen LogP contribution in [0.5, 0.6) is 0 Å². The van der Waals surface area contributed by atoms with Gasteiger partial charge in [-0.25, -0.2) is 0 Å². The van der Waals surface area contributed by atoms with Crippen LogP contribution in [0, 0.1) is 17.8 Å². The van der Waals surface area contributed by atoms with Crippen LogP contribution < -0.4 is 0 Å². The summed E-state index contributed by atoms with van der Waals surface area (Å²) >= 11 is 0. The van der Waals surface area contributed by atoms with E-state index in [1.54, 1.807) is 5.57 Å². The van der Waals surface area contributed by atoms with Crippen LogP contribution in [-0.2, 0) is 0 Å². The van der Waals surface area contributed by atoms with Gasteiger partial charge in [-0.1, -0.05) is 56.4 Å². The third-order valence-electron chi connectivity index (χ3n) is 6.21. The van der Waals surface area contributed by atoms with Crippen LogP contribution in [0.1, 0.15) is 71.1 Å². The number of hydrogen-bond donors (Lipinski definition) is 2. The van der Waals surface area contributed by atoms with Gasteiger partial charge in [0.1, 0.15) is 0 Å². The number of rotatable bonds is 12. The topological polar surface area (TPSA) is 43.7 Å². The van der Waals surface area contributed by atoms with Crippen molar-refractivity contribution in [1.82, 2.24) is 4.90 Å². The van der Waals surface area contributed by atoms with Gasteiger partial charge in [-0.3, -0.25) is 0 Å². The summed E-state index contributed by atoms with van der Waals surface area (Å²) in [6, 6.07) is 0. The van der Waals surface area contributed by atoms with Crippen molar-refractivity contribution >= 4 is 0 Å². The van der Waals surface area contributed by atoms with Gasteiger partial charge in [-0.15, -0.1) is 0 Å². The standard InChI is InChI=1S/C23H41NO2/c1-4-5-7-11-20(25)12-13-21-22-16-18(15-19(22)17-23(21)26)10-8-6-9-14-24(2)3/h12-13,15,19-23,25-26H,4-11,14,16-17H2,1-3H3/b13-12+/t19-,20-,21+,22-,23-/m0/s1. The lowest BCUT2D eigenvalue weighted by Crippen LogP contribution is -2.18. The average molecular weight is 364 g/mol. The van der Waals surface area contributed by atoms with Crippen molar-refractivity contribution in [2.75, 3.05) is 20.6 Å². The summed E-state index contributed by atoms with van der Waals surface area (Å²) in [7, 11) is 4.28. The second-order valence-corrected chi connectivity index (χ2v) is 8.80. The number of hydrogen-bond acceptors (Lipinski definition) is 3. The molecule has 2 rings (SSSR count). The van der Waals surface area contributed by atoms with Crippen LogP contribution >= 0.6 is 0 Å². The number of aliphatic hydroxyl groups excluding tert-OH is 2. The maximum atomic E-state index is 10.4. The highest BCUT2D eigenvalue weighted by molar-refractivity contribution is 5.20. The highest BCUT2D eigenvalue weighted by atomic mass is 16.3. The van der Waals surface area contributed by atoms with E-state index in [-0.39, 0.29) is 18.1 Å². The lowest BCUT2D eigenvalue weighted by atomic mass is 9.88. The zero-order chi connectivity index (χ0) is 18.9. The molecule has 0 saturated heterocycles. The average Bonchev–Trinajstić information content (AvgIpc) is 3.09. The first-order valence-electron chi connectivity index (χ1n) is 10.9. The Morgan fingerprint density at radius 1 is 1.19 bits per heavy atom. The molecule has 0 aromatic rings. The van der Waals surface area contributed by atoms with Gasteiger partial charge >= 0.3 is 0 Å². The molecule has 2 aliphatic rings. The van der Waals surface area contributed by atoms with E-state index in [2.05, 4.69) is 38.1 Å². The Bertz CT molecular complexity index is 457. The summed E-state index contributed by atoms with van der Waals surface area (Å²) in [6.45, 7) is 3.37. The molecule has 0 bridgehead atoms. The monoisotopic (exact) mass is 363 g/mol. The third-order valence-corrected chi connectivity index (χ3v) is 6.21. The van der Waals surface area contributed by atoms with Gasteiger partial charge in [0.05, 0.1) is 12.2 Å². The van der Waals surface area contributed by atoms with E-state index >= 15 is 0 Å². The molecule has 1 saturated carbocycles. The molecule has 0 amide bonds. The molecular weight excluding hydrogens is 322 g/mol. The SMILES string of the molecule is CCCCC[C@H](O)/C=C/[C@@H]1[C@H]2CC(CCCCCN(C)C)=C[C@H]2C[C@@H]1O. The zero-order valence-electron chi connectivity index (χ0n) is 17.2. The normalized spacial score (nSPS) is 29.5. The Balaban J connectivity index is 1.74. The van der Waals surface area contributed by atoms with Gasteiger partial charge in [0.2, 0.25) is 0 Å². The summed E-state index contributed by atoms with van der Waals surface area (Å²) in [5.41, 5.74) is 1.61. The smallest absolute Gasteiger partial charge is 0.0721 e. The van der Waals surface area contributed by atoms with E-state index < -0.39 is 0 Å². The zero-order valence-corrected chi connectivity index (χ0v) is 17.2. The molecule has 0 aliphatic heterocycles. The van der Waals surface area contributed by atoms with Gasteiger partial charge in [0.25, 0.3) is 0 Å². The van der Waals surface area contributed by atoms with E-state index in [0.717, 1.165) is 25.7 Å². The third kappa shape index (κ3) is 6.83. The van der Waals surface area contributed by atoms with Crippen molar-refractivity contribution in [2.45, 2.75) is 83.3 Å². The van der Waals surface area contributed by atoms with Crippen LogP contribution in [-0.4, -0.2) is 48.0 Å². The Morgan fingerprint density at radius 2 is 2.00 bits per heavy atom. The Kier molecular flexibility index (Phi) is 9.38. The second-order valence-electron chi connectivity index (χ2n) is 8.80. The number of allylic oxidation sites excluding steroid dienone is 2. The predicted molar refractivity (Wildman–Crippen MR) is 110 cm³/mol. The maximum absolute atomic E-state index is 10.4. The van der Waals surface area contributed by atoms with E-state index in [1.807, 2.05) is 6.08 Å². The molecule has 26 heavy (non-hydrogen) atoms. The lowest BCUT2D eigenvalue weighted by Gasteiger charge is -2.19.